The van der Waals surface area contributed by atoms with Crippen molar-refractivity contribution < 1.29 is 4.52 Å². The van der Waals surface area contributed by atoms with E-state index in [1.165, 1.54) is 5.56 Å². The van der Waals surface area contributed by atoms with Gasteiger partial charge in [-0.05, 0) is 18.9 Å². The number of nitrogens with zero attached hydrogens (tertiary/aromatic N) is 5. The van der Waals surface area contributed by atoms with Crippen LogP contribution in [0.5, 0.6) is 0 Å². The molecule has 0 aromatic carbocycles. The molecule has 3 rings (SSSR count). The summed E-state index contributed by atoms with van der Waals surface area (Å²) in [6, 6.07) is 0.455. The Morgan fingerprint density at radius 3 is 2.95 bits per heavy atom. The van der Waals surface area contributed by atoms with Crippen molar-refractivity contribution in [1.82, 2.24) is 24.8 Å². The lowest BCUT2D eigenvalue weighted by atomic mass is 10.2. The molecule has 0 aliphatic carbocycles. The number of aryl methyl sites for hydroxylation is 1. The Hall–Kier alpha value is -1.69. The maximum atomic E-state index is 5.31. The summed E-state index contributed by atoms with van der Waals surface area (Å²) in [6.45, 7) is 8.98. The molecular formula is C14H21N5O. The first-order chi connectivity index (χ1) is 9.61. The van der Waals surface area contributed by atoms with Gasteiger partial charge in [0.2, 0.25) is 5.89 Å². The molecule has 20 heavy (non-hydrogen) atoms. The maximum absolute atomic E-state index is 5.31. The second-order valence-corrected chi connectivity index (χ2v) is 5.88. The van der Waals surface area contributed by atoms with Crippen molar-refractivity contribution in [2.24, 2.45) is 0 Å². The number of likely N-dealkylation sites (tertiary alicyclic amines) is 1. The lowest BCUT2D eigenvalue weighted by Gasteiger charge is -2.13. The summed E-state index contributed by atoms with van der Waals surface area (Å²) in [5, 5.41) is 8.41. The Bertz CT molecular complexity index is 574. The van der Waals surface area contributed by atoms with E-state index in [0.29, 0.717) is 17.9 Å². The van der Waals surface area contributed by atoms with Gasteiger partial charge >= 0.3 is 0 Å². The highest BCUT2D eigenvalue weighted by Gasteiger charge is 2.25. The average molecular weight is 275 g/mol. The molecule has 2 aromatic heterocycles. The second kappa shape index (κ2) is 5.36. The molecule has 1 atom stereocenters. The van der Waals surface area contributed by atoms with Crippen molar-refractivity contribution in [3.05, 3.63) is 29.7 Å². The SMILES string of the molecule is Cc1cnn(C2CCN(Cc3nc(C(C)C)no3)C2)c1. The zero-order chi connectivity index (χ0) is 14.1. The topological polar surface area (TPSA) is 60.0 Å². The average Bonchev–Trinajstić information content (AvgIpc) is 3.09. The standard InChI is InChI=1S/C14H21N5O/c1-10(2)14-16-13(20-17-14)9-18-5-4-12(8-18)19-7-11(3)6-15-19/h6-7,10,12H,4-5,8-9H2,1-3H3. The summed E-state index contributed by atoms with van der Waals surface area (Å²) in [5.74, 6) is 1.82. The minimum atomic E-state index is 0.311. The molecule has 0 spiro atoms. The summed E-state index contributed by atoms with van der Waals surface area (Å²) in [7, 11) is 0. The van der Waals surface area contributed by atoms with Crippen LogP contribution < -0.4 is 0 Å². The largest absolute Gasteiger partial charge is 0.338 e. The molecule has 0 amide bonds. The summed E-state index contributed by atoms with van der Waals surface area (Å²) in [5.41, 5.74) is 1.21. The molecule has 1 fully saturated rings. The molecule has 0 bridgehead atoms. The molecule has 2 aromatic rings. The van der Waals surface area contributed by atoms with Crippen molar-refractivity contribution in [3.63, 3.8) is 0 Å². The van der Waals surface area contributed by atoms with Gasteiger partial charge in [0.05, 0.1) is 18.8 Å². The fraction of sp³-hybridized carbons (Fsp3) is 0.643. The van der Waals surface area contributed by atoms with Gasteiger partial charge in [0.15, 0.2) is 5.82 Å². The predicted molar refractivity (Wildman–Crippen MR) is 74.3 cm³/mol. The van der Waals surface area contributed by atoms with Crippen molar-refractivity contribution in [3.8, 4) is 0 Å². The van der Waals surface area contributed by atoms with E-state index in [-0.39, 0.29) is 0 Å². The van der Waals surface area contributed by atoms with Crippen LogP contribution in [0.1, 0.15) is 49.5 Å². The Kier molecular flexibility index (Phi) is 3.56. The van der Waals surface area contributed by atoms with Crippen LogP contribution in [0.25, 0.3) is 0 Å². The summed E-state index contributed by atoms with van der Waals surface area (Å²) < 4.78 is 7.38. The lowest BCUT2D eigenvalue weighted by Crippen LogP contribution is -2.21. The van der Waals surface area contributed by atoms with E-state index >= 15 is 0 Å². The highest BCUT2D eigenvalue weighted by molar-refractivity contribution is 5.01. The van der Waals surface area contributed by atoms with Crippen LogP contribution in [-0.2, 0) is 6.54 Å². The van der Waals surface area contributed by atoms with Crippen LogP contribution in [0, 0.1) is 6.92 Å². The quantitative estimate of drug-likeness (QED) is 0.855. The zero-order valence-electron chi connectivity index (χ0n) is 12.3. The number of hydrogen-bond acceptors (Lipinski definition) is 5. The van der Waals surface area contributed by atoms with Crippen LogP contribution >= 0.6 is 0 Å². The van der Waals surface area contributed by atoms with Gasteiger partial charge in [-0.3, -0.25) is 9.58 Å². The van der Waals surface area contributed by atoms with E-state index in [1.807, 2.05) is 6.20 Å². The number of aromatic nitrogens is 4. The zero-order valence-corrected chi connectivity index (χ0v) is 12.3. The van der Waals surface area contributed by atoms with E-state index in [2.05, 4.69) is 51.8 Å². The maximum Gasteiger partial charge on any atom is 0.240 e. The first kappa shape index (κ1) is 13.3. The Morgan fingerprint density at radius 2 is 2.30 bits per heavy atom. The normalized spacial score (nSPS) is 20.1. The number of hydrogen-bond donors (Lipinski definition) is 0. The van der Waals surface area contributed by atoms with Crippen LogP contribution in [0.2, 0.25) is 0 Å². The molecule has 6 nitrogen and oxygen atoms in total. The molecule has 6 heteroatoms. The first-order valence-corrected chi connectivity index (χ1v) is 7.17. The molecule has 1 aliphatic heterocycles. The first-order valence-electron chi connectivity index (χ1n) is 7.17. The summed E-state index contributed by atoms with van der Waals surface area (Å²) in [6.07, 6.45) is 5.14. The molecular weight excluding hydrogens is 254 g/mol. The van der Waals surface area contributed by atoms with Crippen molar-refractivity contribution >= 4 is 0 Å². The van der Waals surface area contributed by atoms with Crippen LogP contribution in [0.3, 0.4) is 0 Å². The molecule has 1 aliphatic rings. The predicted octanol–water partition coefficient (Wildman–Crippen LogP) is 2.14. The minimum Gasteiger partial charge on any atom is -0.338 e. The molecule has 0 saturated carbocycles. The van der Waals surface area contributed by atoms with E-state index in [4.69, 9.17) is 4.52 Å². The van der Waals surface area contributed by atoms with Gasteiger partial charge in [0.1, 0.15) is 0 Å². The van der Waals surface area contributed by atoms with Crippen molar-refractivity contribution in [2.45, 2.75) is 45.7 Å². The van der Waals surface area contributed by atoms with E-state index in [9.17, 15) is 0 Å². The molecule has 3 heterocycles. The van der Waals surface area contributed by atoms with Crippen LogP contribution in [-0.4, -0.2) is 37.9 Å². The van der Waals surface area contributed by atoms with Gasteiger partial charge in [0.25, 0.3) is 0 Å². The summed E-state index contributed by atoms with van der Waals surface area (Å²) >= 11 is 0. The van der Waals surface area contributed by atoms with Gasteiger partial charge in [0, 0.05) is 25.2 Å². The van der Waals surface area contributed by atoms with Crippen LogP contribution in [0.4, 0.5) is 0 Å². The highest BCUT2D eigenvalue weighted by atomic mass is 16.5. The molecule has 0 N–H and O–H groups in total. The van der Waals surface area contributed by atoms with Gasteiger partial charge in [-0.15, -0.1) is 0 Å². The Balaban J connectivity index is 1.59. The second-order valence-electron chi connectivity index (χ2n) is 5.88. The van der Waals surface area contributed by atoms with E-state index in [1.54, 1.807) is 0 Å². The van der Waals surface area contributed by atoms with E-state index in [0.717, 1.165) is 31.9 Å². The minimum absolute atomic E-state index is 0.311. The molecule has 108 valence electrons. The lowest BCUT2D eigenvalue weighted by molar-refractivity contribution is 0.258. The van der Waals surface area contributed by atoms with E-state index < -0.39 is 0 Å². The van der Waals surface area contributed by atoms with Crippen LogP contribution in [0.15, 0.2) is 16.9 Å². The third kappa shape index (κ3) is 2.75. The fourth-order valence-corrected chi connectivity index (χ4v) is 2.56. The molecule has 1 unspecified atom stereocenters. The Labute approximate surface area is 118 Å². The fourth-order valence-electron chi connectivity index (χ4n) is 2.56. The summed E-state index contributed by atoms with van der Waals surface area (Å²) in [4.78, 5) is 6.78. The monoisotopic (exact) mass is 275 g/mol. The van der Waals surface area contributed by atoms with Crippen molar-refractivity contribution in [2.75, 3.05) is 13.1 Å². The van der Waals surface area contributed by atoms with Crippen molar-refractivity contribution in [1.29, 1.82) is 0 Å². The van der Waals surface area contributed by atoms with Gasteiger partial charge in [-0.25, -0.2) is 0 Å². The van der Waals surface area contributed by atoms with Gasteiger partial charge in [-0.1, -0.05) is 19.0 Å². The van der Waals surface area contributed by atoms with Gasteiger partial charge < -0.3 is 4.52 Å². The third-order valence-electron chi connectivity index (χ3n) is 3.71. The number of rotatable bonds is 4. The third-order valence-corrected chi connectivity index (χ3v) is 3.71. The Morgan fingerprint density at radius 1 is 1.45 bits per heavy atom. The highest BCUT2D eigenvalue weighted by Crippen LogP contribution is 2.22. The van der Waals surface area contributed by atoms with Gasteiger partial charge in [-0.2, -0.15) is 10.1 Å². The smallest absolute Gasteiger partial charge is 0.240 e. The molecule has 0 radical (unpaired) electrons. The molecule has 1 saturated heterocycles.